The van der Waals surface area contributed by atoms with Crippen molar-refractivity contribution in [2.45, 2.75) is 44.0 Å². The zero-order chi connectivity index (χ0) is 13.7. The smallest absolute Gasteiger partial charge is 0.0976 e. The summed E-state index contributed by atoms with van der Waals surface area (Å²) in [7, 11) is 0. The standard InChI is InChI=1S/C15H20ClNO2/c1-14(18,11-4-2-3-5-12(11)16)15(9-17)8-10-6-7-13(15)19-10/h2-5,10,13,18H,6-9,17H2,1H3. The summed E-state index contributed by atoms with van der Waals surface area (Å²) in [5.41, 5.74) is 5.30. The summed E-state index contributed by atoms with van der Waals surface area (Å²) in [4.78, 5) is 0. The van der Waals surface area contributed by atoms with Crippen LogP contribution in [0.2, 0.25) is 5.02 Å². The van der Waals surface area contributed by atoms with E-state index in [0.29, 0.717) is 11.6 Å². The molecule has 4 atom stereocenters. The molecule has 0 radical (unpaired) electrons. The quantitative estimate of drug-likeness (QED) is 0.895. The maximum Gasteiger partial charge on any atom is 0.0976 e. The minimum absolute atomic E-state index is 0.0359. The van der Waals surface area contributed by atoms with Crippen LogP contribution in [0.3, 0.4) is 0 Å². The van der Waals surface area contributed by atoms with E-state index in [2.05, 4.69) is 0 Å². The molecule has 0 aromatic heterocycles. The Bertz CT molecular complexity index is 491. The second kappa shape index (κ2) is 4.45. The molecule has 19 heavy (non-hydrogen) atoms. The van der Waals surface area contributed by atoms with Crippen LogP contribution in [0.1, 0.15) is 31.7 Å². The van der Waals surface area contributed by atoms with Crippen molar-refractivity contribution in [3.63, 3.8) is 0 Å². The lowest BCUT2D eigenvalue weighted by molar-refractivity contribution is -0.105. The van der Waals surface area contributed by atoms with Crippen molar-refractivity contribution in [1.82, 2.24) is 0 Å². The second-order valence-electron chi connectivity index (χ2n) is 5.94. The first-order chi connectivity index (χ1) is 9.01. The molecule has 0 spiro atoms. The lowest BCUT2D eigenvalue weighted by Gasteiger charge is -2.46. The fourth-order valence-electron chi connectivity index (χ4n) is 3.85. The molecule has 1 aromatic rings. The van der Waals surface area contributed by atoms with E-state index in [4.69, 9.17) is 22.1 Å². The first kappa shape index (κ1) is 13.4. The van der Waals surface area contributed by atoms with Gasteiger partial charge in [0.1, 0.15) is 0 Å². The number of benzene rings is 1. The highest BCUT2D eigenvalue weighted by Crippen LogP contribution is 2.56. The first-order valence-corrected chi connectivity index (χ1v) is 7.22. The number of rotatable bonds is 3. The molecule has 2 aliphatic rings. The van der Waals surface area contributed by atoms with E-state index in [9.17, 15) is 5.11 Å². The van der Waals surface area contributed by atoms with E-state index in [0.717, 1.165) is 24.8 Å². The van der Waals surface area contributed by atoms with E-state index in [1.165, 1.54) is 0 Å². The second-order valence-corrected chi connectivity index (χ2v) is 6.35. The van der Waals surface area contributed by atoms with Gasteiger partial charge in [-0.15, -0.1) is 0 Å². The minimum atomic E-state index is -1.07. The number of halogens is 1. The third-order valence-electron chi connectivity index (χ3n) is 5.05. The molecule has 3 rings (SSSR count). The predicted molar refractivity (Wildman–Crippen MR) is 75.0 cm³/mol. The van der Waals surface area contributed by atoms with Crippen molar-refractivity contribution in [2.75, 3.05) is 6.54 Å². The monoisotopic (exact) mass is 281 g/mol. The van der Waals surface area contributed by atoms with Crippen molar-refractivity contribution >= 4 is 11.6 Å². The predicted octanol–water partition coefficient (Wildman–Crippen LogP) is 2.44. The normalized spacial score (nSPS) is 36.4. The van der Waals surface area contributed by atoms with Crippen LogP contribution in [0.15, 0.2) is 24.3 Å². The van der Waals surface area contributed by atoms with Crippen molar-refractivity contribution < 1.29 is 9.84 Å². The topological polar surface area (TPSA) is 55.5 Å². The molecule has 4 unspecified atom stereocenters. The molecular formula is C15H20ClNO2. The number of hydrogen-bond acceptors (Lipinski definition) is 3. The van der Waals surface area contributed by atoms with E-state index >= 15 is 0 Å². The van der Waals surface area contributed by atoms with Crippen LogP contribution < -0.4 is 5.73 Å². The Morgan fingerprint density at radius 3 is 2.74 bits per heavy atom. The molecular weight excluding hydrogens is 262 g/mol. The molecule has 4 heteroatoms. The van der Waals surface area contributed by atoms with Crippen LogP contribution >= 0.6 is 11.6 Å². The molecule has 2 saturated heterocycles. The van der Waals surface area contributed by atoms with Gasteiger partial charge >= 0.3 is 0 Å². The summed E-state index contributed by atoms with van der Waals surface area (Å²) in [6, 6.07) is 7.46. The summed E-state index contributed by atoms with van der Waals surface area (Å²) in [5.74, 6) is 0. The minimum Gasteiger partial charge on any atom is -0.385 e. The molecule has 3 nitrogen and oxygen atoms in total. The number of nitrogens with two attached hydrogens (primary N) is 1. The maximum absolute atomic E-state index is 11.2. The van der Waals surface area contributed by atoms with Gasteiger partial charge in [0.25, 0.3) is 0 Å². The molecule has 2 fully saturated rings. The van der Waals surface area contributed by atoms with Gasteiger partial charge in [0.2, 0.25) is 0 Å². The molecule has 2 bridgehead atoms. The Balaban J connectivity index is 2.06. The number of ether oxygens (including phenoxy) is 1. The summed E-state index contributed by atoms with van der Waals surface area (Å²) in [6.07, 6.45) is 3.14. The molecule has 3 N–H and O–H groups in total. The van der Waals surface area contributed by atoms with Crippen molar-refractivity contribution in [1.29, 1.82) is 0 Å². The average Bonchev–Trinajstić information content (AvgIpc) is 2.99. The highest BCUT2D eigenvalue weighted by Gasteiger charge is 2.61. The molecule has 0 aliphatic carbocycles. The summed E-state index contributed by atoms with van der Waals surface area (Å²) >= 11 is 6.27. The van der Waals surface area contributed by atoms with Gasteiger partial charge < -0.3 is 15.6 Å². The fourth-order valence-corrected chi connectivity index (χ4v) is 4.17. The van der Waals surface area contributed by atoms with Crippen LogP contribution in [0.4, 0.5) is 0 Å². The van der Waals surface area contributed by atoms with E-state index in [1.807, 2.05) is 31.2 Å². The van der Waals surface area contributed by atoms with E-state index in [1.54, 1.807) is 0 Å². The average molecular weight is 282 g/mol. The Morgan fingerprint density at radius 1 is 1.47 bits per heavy atom. The fraction of sp³-hybridized carbons (Fsp3) is 0.600. The third-order valence-corrected chi connectivity index (χ3v) is 5.38. The summed E-state index contributed by atoms with van der Waals surface area (Å²) in [5, 5.41) is 11.8. The number of aliphatic hydroxyl groups is 1. The highest BCUT2D eigenvalue weighted by atomic mass is 35.5. The van der Waals surface area contributed by atoms with Gasteiger partial charge in [-0.2, -0.15) is 0 Å². The zero-order valence-electron chi connectivity index (χ0n) is 11.1. The highest BCUT2D eigenvalue weighted by molar-refractivity contribution is 6.31. The Morgan fingerprint density at radius 2 is 2.21 bits per heavy atom. The Labute approximate surface area is 118 Å². The van der Waals surface area contributed by atoms with Crippen molar-refractivity contribution in [2.24, 2.45) is 11.1 Å². The first-order valence-electron chi connectivity index (χ1n) is 6.84. The Kier molecular flexibility index (Phi) is 3.13. The van der Waals surface area contributed by atoms with Gasteiger partial charge in [0.15, 0.2) is 0 Å². The summed E-state index contributed by atoms with van der Waals surface area (Å²) in [6.45, 7) is 2.23. The third kappa shape index (κ3) is 1.76. The summed E-state index contributed by atoms with van der Waals surface area (Å²) < 4.78 is 5.94. The van der Waals surface area contributed by atoms with Gasteiger partial charge in [-0.05, 0) is 32.3 Å². The molecule has 0 amide bonds. The van der Waals surface area contributed by atoms with Crippen LogP contribution in [-0.4, -0.2) is 23.9 Å². The van der Waals surface area contributed by atoms with Gasteiger partial charge in [0.05, 0.1) is 17.8 Å². The van der Waals surface area contributed by atoms with Crippen LogP contribution in [0.25, 0.3) is 0 Å². The van der Waals surface area contributed by atoms with E-state index < -0.39 is 11.0 Å². The van der Waals surface area contributed by atoms with Crippen LogP contribution in [0.5, 0.6) is 0 Å². The van der Waals surface area contributed by atoms with Gasteiger partial charge in [-0.1, -0.05) is 29.8 Å². The zero-order valence-corrected chi connectivity index (χ0v) is 11.9. The number of fused-ring (bicyclic) bond motifs is 2. The molecule has 104 valence electrons. The largest absolute Gasteiger partial charge is 0.385 e. The molecule has 2 aliphatic heterocycles. The van der Waals surface area contributed by atoms with Gasteiger partial charge in [-0.25, -0.2) is 0 Å². The molecule has 0 saturated carbocycles. The Hall–Kier alpha value is -0.610. The number of hydrogen-bond donors (Lipinski definition) is 2. The SMILES string of the molecule is CC(O)(c1ccccc1Cl)C1(CN)CC2CCC1O2. The lowest BCUT2D eigenvalue weighted by Crippen LogP contribution is -2.54. The van der Waals surface area contributed by atoms with Crippen molar-refractivity contribution in [3.05, 3.63) is 34.9 Å². The van der Waals surface area contributed by atoms with E-state index in [-0.39, 0.29) is 12.2 Å². The maximum atomic E-state index is 11.2. The van der Waals surface area contributed by atoms with Crippen molar-refractivity contribution in [3.8, 4) is 0 Å². The lowest BCUT2D eigenvalue weighted by atomic mass is 9.61. The van der Waals surface area contributed by atoms with Gasteiger partial charge in [0, 0.05) is 22.5 Å². The molecule has 1 aromatic carbocycles. The van der Waals surface area contributed by atoms with Crippen LogP contribution in [-0.2, 0) is 10.3 Å². The van der Waals surface area contributed by atoms with Crippen LogP contribution in [0, 0.1) is 5.41 Å². The molecule has 2 heterocycles. The van der Waals surface area contributed by atoms with Gasteiger partial charge in [-0.3, -0.25) is 0 Å².